The Kier molecular flexibility index (Phi) is 8.64. The van der Waals surface area contributed by atoms with Gasteiger partial charge in [-0.05, 0) is 32.2 Å². The lowest BCUT2D eigenvalue weighted by atomic mass is 10.0. The fourth-order valence-corrected chi connectivity index (χ4v) is 2.38. The molecule has 0 radical (unpaired) electrons. The number of unbranched alkanes of at least 4 members (excludes halogenated alkanes) is 3. The molecule has 21 heavy (non-hydrogen) atoms. The summed E-state index contributed by atoms with van der Waals surface area (Å²) in [5.41, 5.74) is 8.15. The molecule has 0 aromatic rings. The van der Waals surface area contributed by atoms with Crippen LogP contribution in [0.25, 0.3) is 10.4 Å². The zero-order valence-corrected chi connectivity index (χ0v) is 12.9. The molecular weight excluding hydrogens is 274 g/mol. The Morgan fingerprint density at radius 2 is 2.00 bits per heavy atom. The molecule has 0 bridgehead atoms. The van der Waals surface area contributed by atoms with E-state index in [0.29, 0.717) is 6.54 Å². The predicted molar refractivity (Wildman–Crippen MR) is 78.6 cm³/mol. The summed E-state index contributed by atoms with van der Waals surface area (Å²) >= 11 is 0. The van der Waals surface area contributed by atoms with Crippen LogP contribution in [0.2, 0.25) is 0 Å². The second-order valence-electron chi connectivity index (χ2n) is 5.68. The quantitative estimate of drug-likeness (QED) is 0.295. The molecule has 1 rings (SSSR count). The largest absolute Gasteiger partial charge is 0.390 e. The summed E-state index contributed by atoms with van der Waals surface area (Å²) in [7, 11) is 0. The van der Waals surface area contributed by atoms with Gasteiger partial charge in [0.15, 0.2) is 6.29 Å². The van der Waals surface area contributed by atoms with Crippen molar-refractivity contribution >= 4 is 0 Å². The van der Waals surface area contributed by atoms with E-state index in [-0.39, 0.29) is 18.6 Å². The molecule has 7 nitrogen and oxygen atoms in total. The molecule has 2 N–H and O–H groups in total. The number of hydrogen-bond donors (Lipinski definition) is 2. The van der Waals surface area contributed by atoms with Crippen molar-refractivity contribution in [1.29, 1.82) is 0 Å². The number of azide groups is 1. The van der Waals surface area contributed by atoms with Crippen LogP contribution in [0.1, 0.15) is 52.4 Å². The number of nitrogens with zero attached hydrogens (tertiary/aromatic N) is 3. The van der Waals surface area contributed by atoms with Gasteiger partial charge in [0.25, 0.3) is 0 Å². The van der Waals surface area contributed by atoms with E-state index in [9.17, 15) is 10.2 Å². The monoisotopic (exact) mass is 301 g/mol. The first-order chi connectivity index (χ1) is 10.0. The molecule has 0 aliphatic carbocycles. The highest BCUT2D eigenvalue weighted by Crippen LogP contribution is 2.23. The first-order valence-electron chi connectivity index (χ1n) is 7.72. The van der Waals surface area contributed by atoms with Crippen molar-refractivity contribution in [2.24, 2.45) is 5.11 Å². The minimum absolute atomic E-state index is 0.00391. The summed E-state index contributed by atoms with van der Waals surface area (Å²) in [4.78, 5) is 2.71. The standard InChI is InChI=1S/C14H27N3O4/c1-10(7-5-3-4-6-8-16-17-15)20-14-13(19)9-12(18)11(2)21-14/h10-14,18-19H,3-9H2,1-2H3/t10-,11?,12-,13?,14-/m1/s1. The van der Waals surface area contributed by atoms with Gasteiger partial charge in [0, 0.05) is 17.9 Å². The Balaban J connectivity index is 2.12. The Hall–Kier alpha value is -0.850. The van der Waals surface area contributed by atoms with Crippen LogP contribution in [0.5, 0.6) is 0 Å². The third-order valence-corrected chi connectivity index (χ3v) is 3.74. The molecule has 1 heterocycles. The molecule has 0 aromatic carbocycles. The lowest BCUT2D eigenvalue weighted by Crippen LogP contribution is -2.48. The lowest BCUT2D eigenvalue weighted by Gasteiger charge is -2.36. The molecule has 122 valence electrons. The van der Waals surface area contributed by atoms with Crippen LogP contribution in [0.4, 0.5) is 0 Å². The van der Waals surface area contributed by atoms with Gasteiger partial charge < -0.3 is 19.7 Å². The van der Waals surface area contributed by atoms with E-state index in [1.807, 2.05) is 6.92 Å². The number of aliphatic hydroxyl groups is 2. The molecule has 5 atom stereocenters. The number of aliphatic hydroxyl groups excluding tert-OH is 2. The molecular formula is C14H27N3O4. The Bertz CT molecular complexity index is 336. The van der Waals surface area contributed by atoms with Gasteiger partial charge in [-0.2, -0.15) is 0 Å². The summed E-state index contributed by atoms with van der Waals surface area (Å²) in [6.45, 7) is 4.30. The van der Waals surface area contributed by atoms with Crippen molar-refractivity contribution in [1.82, 2.24) is 0 Å². The molecule has 0 spiro atoms. The molecule has 1 aliphatic rings. The van der Waals surface area contributed by atoms with Gasteiger partial charge in [0.05, 0.1) is 18.3 Å². The topological polar surface area (TPSA) is 108 Å². The van der Waals surface area contributed by atoms with Crippen molar-refractivity contribution in [3.8, 4) is 0 Å². The fourth-order valence-electron chi connectivity index (χ4n) is 2.38. The zero-order valence-electron chi connectivity index (χ0n) is 12.9. The van der Waals surface area contributed by atoms with Crippen molar-refractivity contribution in [3.63, 3.8) is 0 Å². The van der Waals surface area contributed by atoms with E-state index in [1.165, 1.54) is 0 Å². The van der Waals surface area contributed by atoms with Gasteiger partial charge in [-0.25, -0.2) is 0 Å². The van der Waals surface area contributed by atoms with E-state index in [2.05, 4.69) is 10.0 Å². The summed E-state index contributed by atoms with van der Waals surface area (Å²) in [6.07, 6.45) is 2.86. The van der Waals surface area contributed by atoms with Gasteiger partial charge in [-0.1, -0.05) is 24.4 Å². The summed E-state index contributed by atoms with van der Waals surface area (Å²) in [5, 5.41) is 22.9. The first kappa shape index (κ1) is 18.2. The van der Waals surface area contributed by atoms with Crippen LogP contribution in [-0.4, -0.2) is 47.5 Å². The maximum Gasteiger partial charge on any atom is 0.184 e. The minimum atomic E-state index is -0.775. The Morgan fingerprint density at radius 1 is 1.29 bits per heavy atom. The predicted octanol–water partition coefficient (Wildman–Crippen LogP) is 2.51. The van der Waals surface area contributed by atoms with Crippen LogP contribution >= 0.6 is 0 Å². The Labute approximate surface area is 125 Å². The van der Waals surface area contributed by atoms with E-state index in [0.717, 1.165) is 32.1 Å². The Morgan fingerprint density at radius 3 is 2.71 bits per heavy atom. The highest BCUT2D eigenvalue weighted by atomic mass is 16.7. The zero-order chi connectivity index (χ0) is 15.7. The fraction of sp³-hybridized carbons (Fsp3) is 1.00. The summed E-state index contributed by atoms with van der Waals surface area (Å²) in [5.74, 6) is 0. The maximum atomic E-state index is 9.85. The lowest BCUT2D eigenvalue weighted by molar-refractivity contribution is -0.273. The smallest absolute Gasteiger partial charge is 0.184 e. The van der Waals surface area contributed by atoms with Gasteiger partial charge in [0.2, 0.25) is 0 Å². The maximum absolute atomic E-state index is 9.85. The highest BCUT2D eigenvalue weighted by molar-refractivity contribution is 4.78. The van der Waals surface area contributed by atoms with Crippen LogP contribution in [0.3, 0.4) is 0 Å². The van der Waals surface area contributed by atoms with Crippen LogP contribution in [-0.2, 0) is 9.47 Å². The van der Waals surface area contributed by atoms with Gasteiger partial charge in [-0.15, -0.1) is 0 Å². The minimum Gasteiger partial charge on any atom is -0.390 e. The second-order valence-corrected chi connectivity index (χ2v) is 5.68. The van der Waals surface area contributed by atoms with Crippen LogP contribution in [0, 0.1) is 0 Å². The second kappa shape index (κ2) is 9.97. The highest BCUT2D eigenvalue weighted by Gasteiger charge is 2.35. The summed E-state index contributed by atoms with van der Waals surface area (Å²) in [6, 6.07) is 0. The molecule has 2 unspecified atom stereocenters. The molecule has 1 fully saturated rings. The SMILES string of the molecule is CC1O[C@@H](O[C@H](C)CCCCCCN=[N+]=[N-])C(O)C[C@H]1O. The van der Waals surface area contributed by atoms with Gasteiger partial charge in [-0.3, -0.25) is 0 Å². The average Bonchev–Trinajstić information content (AvgIpc) is 2.44. The summed E-state index contributed by atoms with van der Waals surface area (Å²) < 4.78 is 11.2. The van der Waals surface area contributed by atoms with Crippen molar-refractivity contribution in [2.75, 3.05) is 6.54 Å². The van der Waals surface area contributed by atoms with E-state index < -0.39 is 18.5 Å². The van der Waals surface area contributed by atoms with Crippen LogP contribution in [0.15, 0.2) is 5.11 Å². The average molecular weight is 301 g/mol. The third kappa shape index (κ3) is 7.11. The van der Waals surface area contributed by atoms with Gasteiger partial charge >= 0.3 is 0 Å². The third-order valence-electron chi connectivity index (χ3n) is 3.74. The van der Waals surface area contributed by atoms with Crippen molar-refractivity contribution in [3.05, 3.63) is 10.4 Å². The normalized spacial score (nSPS) is 30.7. The first-order valence-corrected chi connectivity index (χ1v) is 7.72. The molecule has 0 amide bonds. The molecule has 1 saturated heterocycles. The molecule has 0 aromatic heterocycles. The van der Waals surface area contributed by atoms with Gasteiger partial charge in [0.1, 0.15) is 6.10 Å². The van der Waals surface area contributed by atoms with Crippen LogP contribution < -0.4 is 0 Å². The van der Waals surface area contributed by atoms with Crippen molar-refractivity contribution in [2.45, 2.75) is 83.1 Å². The van der Waals surface area contributed by atoms with E-state index in [4.69, 9.17) is 15.0 Å². The number of rotatable bonds is 9. The van der Waals surface area contributed by atoms with Crippen molar-refractivity contribution < 1.29 is 19.7 Å². The molecule has 7 heteroatoms. The molecule has 1 aliphatic heterocycles. The molecule has 0 saturated carbocycles. The van der Waals surface area contributed by atoms with E-state index in [1.54, 1.807) is 6.92 Å². The van der Waals surface area contributed by atoms with E-state index >= 15 is 0 Å². The number of hydrogen-bond acceptors (Lipinski definition) is 5. The number of ether oxygens (including phenoxy) is 2.